The lowest BCUT2D eigenvalue weighted by molar-refractivity contribution is -0.138. The van der Waals surface area contributed by atoms with Crippen LogP contribution in [-0.2, 0) is 11.0 Å². The fraction of sp³-hybridized carbons (Fsp3) is 0.684. The van der Waals surface area contributed by atoms with Gasteiger partial charge in [0.05, 0.1) is 15.8 Å². The summed E-state index contributed by atoms with van der Waals surface area (Å²) in [6.07, 6.45) is 3.34. The van der Waals surface area contributed by atoms with Gasteiger partial charge in [0.2, 0.25) is 5.91 Å². The number of halogens is 4. The van der Waals surface area contributed by atoms with Crippen LogP contribution in [0.25, 0.3) is 0 Å². The van der Waals surface area contributed by atoms with Gasteiger partial charge in [-0.3, -0.25) is 4.79 Å². The SMILES string of the molecule is C[C@@H](Sc1ncc(C(F)(F)F)cc1Cl)C(=O)NC12CC3CC(CC(C3)C1)C2. The summed E-state index contributed by atoms with van der Waals surface area (Å²) in [5, 5.41) is 2.99. The van der Waals surface area contributed by atoms with Crippen LogP contribution in [-0.4, -0.2) is 21.7 Å². The number of nitrogens with one attached hydrogen (secondary N) is 1. The summed E-state index contributed by atoms with van der Waals surface area (Å²) in [6.45, 7) is 1.75. The Hall–Kier alpha value is -0.950. The molecule has 1 aromatic heterocycles. The van der Waals surface area contributed by atoms with Crippen LogP contribution in [0.3, 0.4) is 0 Å². The van der Waals surface area contributed by atoms with Crippen molar-refractivity contribution >= 4 is 29.3 Å². The molecule has 0 saturated heterocycles. The Morgan fingerprint density at radius 2 is 1.81 bits per heavy atom. The van der Waals surface area contributed by atoms with Gasteiger partial charge < -0.3 is 5.32 Å². The van der Waals surface area contributed by atoms with Gasteiger partial charge in [-0.25, -0.2) is 4.98 Å². The minimum Gasteiger partial charge on any atom is -0.350 e. The molecule has 5 rings (SSSR count). The molecular weight excluding hydrogens is 397 g/mol. The monoisotopic (exact) mass is 418 g/mol. The third kappa shape index (κ3) is 3.95. The van der Waals surface area contributed by atoms with Gasteiger partial charge in [0.25, 0.3) is 0 Å². The molecule has 0 aliphatic heterocycles. The zero-order valence-corrected chi connectivity index (χ0v) is 16.6. The van der Waals surface area contributed by atoms with Crippen LogP contribution >= 0.6 is 23.4 Å². The van der Waals surface area contributed by atoms with Gasteiger partial charge in [-0.1, -0.05) is 23.4 Å². The topological polar surface area (TPSA) is 42.0 Å². The lowest BCUT2D eigenvalue weighted by Gasteiger charge is -2.57. The van der Waals surface area contributed by atoms with E-state index in [1.807, 2.05) is 0 Å². The Kier molecular flexibility index (Phi) is 4.90. The first-order chi connectivity index (χ1) is 12.6. The number of nitrogens with zero attached hydrogens (tertiary/aromatic N) is 1. The molecule has 1 aromatic rings. The van der Waals surface area contributed by atoms with Crippen molar-refractivity contribution in [1.29, 1.82) is 0 Å². The van der Waals surface area contributed by atoms with E-state index in [0.717, 1.165) is 61.0 Å². The van der Waals surface area contributed by atoms with Crippen LogP contribution in [0.1, 0.15) is 51.0 Å². The van der Waals surface area contributed by atoms with Crippen LogP contribution in [0.2, 0.25) is 5.02 Å². The minimum absolute atomic E-state index is 0.0794. The summed E-state index contributed by atoms with van der Waals surface area (Å²) in [5.74, 6) is 2.10. The highest BCUT2D eigenvalue weighted by Crippen LogP contribution is 2.55. The molecule has 148 valence electrons. The number of amides is 1. The van der Waals surface area contributed by atoms with Crippen molar-refractivity contribution in [2.75, 3.05) is 0 Å². The van der Waals surface area contributed by atoms with Gasteiger partial charge >= 0.3 is 6.18 Å². The van der Waals surface area contributed by atoms with E-state index in [4.69, 9.17) is 11.6 Å². The van der Waals surface area contributed by atoms with Crippen LogP contribution in [0.15, 0.2) is 17.3 Å². The molecule has 4 bridgehead atoms. The molecule has 0 spiro atoms. The van der Waals surface area contributed by atoms with Crippen molar-refractivity contribution in [1.82, 2.24) is 10.3 Å². The number of hydrogen-bond acceptors (Lipinski definition) is 3. The average Bonchev–Trinajstić information content (AvgIpc) is 2.53. The molecule has 4 aliphatic rings. The molecule has 4 fully saturated rings. The third-order valence-corrected chi connectivity index (χ3v) is 7.74. The Balaban J connectivity index is 1.41. The maximum atomic E-state index is 12.8. The van der Waals surface area contributed by atoms with Crippen molar-refractivity contribution in [3.05, 3.63) is 22.8 Å². The first-order valence-electron chi connectivity index (χ1n) is 9.35. The molecule has 1 atom stereocenters. The number of rotatable bonds is 4. The molecule has 1 heterocycles. The number of carbonyl (C=O) groups is 1. The zero-order valence-electron chi connectivity index (χ0n) is 15.0. The summed E-state index contributed by atoms with van der Waals surface area (Å²) in [6, 6.07) is 0.862. The van der Waals surface area contributed by atoms with Gasteiger partial charge in [-0.2, -0.15) is 13.2 Å². The van der Waals surface area contributed by atoms with Gasteiger partial charge in [0.15, 0.2) is 0 Å². The van der Waals surface area contributed by atoms with Crippen molar-refractivity contribution in [2.45, 2.75) is 67.4 Å². The summed E-state index contributed by atoms with van der Waals surface area (Å²) >= 11 is 7.07. The summed E-state index contributed by atoms with van der Waals surface area (Å²) in [4.78, 5) is 16.6. The molecular formula is C19H22ClF3N2OS. The Labute approximate surface area is 165 Å². The molecule has 4 saturated carbocycles. The first kappa shape index (κ1) is 19.4. The number of pyridine rings is 1. The van der Waals surface area contributed by atoms with E-state index < -0.39 is 17.0 Å². The van der Waals surface area contributed by atoms with Crippen molar-refractivity contribution in [3.63, 3.8) is 0 Å². The smallest absolute Gasteiger partial charge is 0.350 e. The predicted octanol–water partition coefficient (Wildman–Crippen LogP) is 5.32. The molecule has 0 aromatic carbocycles. The minimum atomic E-state index is -4.48. The maximum Gasteiger partial charge on any atom is 0.417 e. The standard InChI is InChI=1S/C19H22ClF3N2OS/c1-10(27-17-15(20)5-14(9-24-17)19(21,22)23)16(26)25-18-6-11-2-12(7-18)4-13(3-11)8-18/h5,9-13H,2-4,6-8H2,1H3,(H,25,26)/t10-,11?,12?,13?,18?/m1/s1. The number of thioether (sulfide) groups is 1. The zero-order chi connectivity index (χ0) is 19.4. The molecule has 1 amide bonds. The van der Waals surface area contributed by atoms with Gasteiger partial charge in [-0.15, -0.1) is 0 Å². The molecule has 4 aliphatic carbocycles. The Morgan fingerprint density at radius 3 is 2.30 bits per heavy atom. The number of alkyl halides is 3. The van der Waals surface area contributed by atoms with Crippen LogP contribution in [0.4, 0.5) is 13.2 Å². The number of hydrogen-bond donors (Lipinski definition) is 1. The molecule has 0 unspecified atom stereocenters. The third-order valence-electron chi connectivity index (χ3n) is 6.22. The second-order valence-electron chi connectivity index (χ2n) is 8.46. The number of aromatic nitrogens is 1. The van der Waals surface area contributed by atoms with Crippen molar-refractivity contribution in [2.24, 2.45) is 17.8 Å². The molecule has 1 N–H and O–H groups in total. The molecule has 3 nitrogen and oxygen atoms in total. The fourth-order valence-electron chi connectivity index (χ4n) is 5.51. The lowest BCUT2D eigenvalue weighted by atomic mass is 9.53. The predicted molar refractivity (Wildman–Crippen MR) is 98.6 cm³/mol. The quantitative estimate of drug-likeness (QED) is 0.673. The van der Waals surface area contributed by atoms with E-state index in [-0.39, 0.29) is 21.5 Å². The van der Waals surface area contributed by atoms with E-state index in [1.165, 1.54) is 19.3 Å². The van der Waals surface area contributed by atoms with Gasteiger partial charge in [-0.05, 0) is 69.3 Å². The second-order valence-corrected chi connectivity index (χ2v) is 10.2. The Bertz CT molecular complexity index is 720. The average molecular weight is 419 g/mol. The van der Waals surface area contributed by atoms with E-state index in [1.54, 1.807) is 6.92 Å². The highest BCUT2D eigenvalue weighted by Gasteiger charge is 2.51. The fourth-order valence-corrected chi connectivity index (χ4v) is 6.60. The van der Waals surface area contributed by atoms with E-state index in [9.17, 15) is 18.0 Å². The van der Waals surface area contributed by atoms with Crippen LogP contribution in [0.5, 0.6) is 0 Å². The molecule has 8 heteroatoms. The van der Waals surface area contributed by atoms with Crippen LogP contribution in [0, 0.1) is 17.8 Å². The highest BCUT2D eigenvalue weighted by atomic mass is 35.5. The van der Waals surface area contributed by atoms with E-state index >= 15 is 0 Å². The maximum absolute atomic E-state index is 12.8. The highest BCUT2D eigenvalue weighted by molar-refractivity contribution is 8.00. The molecule has 27 heavy (non-hydrogen) atoms. The molecule has 0 radical (unpaired) electrons. The van der Waals surface area contributed by atoms with Crippen molar-refractivity contribution < 1.29 is 18.0 Å². The van der Waals surface area contributed by atoms with Crippen molar-refractivity contribution in [3.8, 4) is 0 Å². The summed E-state index contributed by atoms with van der Waals surface area (Å²) < 4.78 is 38.2. The summed E-state index contributed by atoms with van der Waals surface area (Å²) in [5.41, 5.74) is -0.972. The first-order valence-corrected chi connectivity index (χ1v) is 10.6. The Morgan fingerprint density at radius 1 is 1.26 bits per heavy atom. The van der Waals surface area contributed by atoms with E-state index in [0.29, 0.717) is 0 Å². The largest absolute Gasteiger partial charge is 0.417 e. The number of carbonyl (C=O) groups excluding carboxylic acids is 1. The summed E-state index contributed by atoms with van der Waals surface area (Å²) in [7, 11) is 0. The normalized spacial score (nSPS) is 33.1. The lowest BCUT2D eigenvalue weighted by Crippen LogP contribution is -2.60. The van der Waals surface area contributed by atoms with Gasteiger partial charge in [0, 0.05) is 11.7 Å². The van der Waals surface area contributed by atoms with Gasteiger partial charge in [0.1, 0.15) is 5.03 Å². The second kappa shape index (κ2) is 6.83. The van der Waals surface area contributed by atoms with Crippen LogP contribution < -0.4 is 5.32 Å². The van der Waals surface area contributed by atoms with E-state index in [2.05, 4.69) is 10.3 Å².